The lowest BCUT2D eigenvalue weighted by molar-refractivity contribution is 0.384. The molecule has 2 heterocycles. The first kappa shape index (κ1) is 26.1. The van der Waals surface area contributed by atoms with Crippen LogP contribution < -0.4 is 9.80 Å². The van der Waals surface area contributed by atoms with Crippen LogP contribution in [0.2, 0.25) is 0 Å². The predicted octanol–water partition coefficient (Wildman–Crippen LogP) is 7.95. The van der Waals surface area contributed by atoms with Crippen molar-refractivity contribution in [2.45, 2.75) is 86.2 Å². The second-order valence-electron chi connectivity index (χ2n) is 8.26. The molecule has 0 N–H and O–H groups in total. The molecule has 0 amide bonds. The quantitative estimate of drug-likeness (QED) is 0.435. The molecule has 0 aliphatic carbocycles. The molecule has 5 unspecified atom stereocenters. The number of hydrogen-bond donors (Lipinski definition) is 0. The van der Waals surface area contributed by atoms with Crippen LogP contribution in [-0.4, -0.2) is 26.2 Å². The minimum absolute atomic E-state index is 0.639. The molecule has 0 saturated heterocycles. The maximum atomic E-state index is 2.40. The lowest BCUT2D eigenvalue weighted by Crippen LogP contribution is -2.41. The Bertz CT molecular complexity index is 692. The molecule has 2 aliphatic heterocycles. The Kier molecular flexibility index (Phi) is 10.5. The van der Waals surface area contributed by atoms with E-state index in [-0.39, 0.29) is 0 Å². The van der Waals surface area contributed by atoms with Gasteiger partial charge in [0.2, 0.25) is 0 Å². The molecule has 5 atom stereocenters. The number of hydrogen-bond acceptors (Lipinski definition) is 2. The zero-order valence-corrected chi connectivity index (χ0v) is 21.4. The number of benzene rings is 2. The van der Waals surface area contributed by atoms with Gasteiger partial charge in [-0.1, -0.05) is 84.9 Å². The molecule has 2 heteroatoms. The largest absolute Gasteiger partial charge is 0.371 e. The minimum Gasteiger partial charge on any atom is -0.371 e. The Morgan fingerprint density at radius 2 is 0.900 bits per heavy atom. The molecule has 0 aromatic heterocycles. The zero-order valence-electron chi connectivity index (χ0n) is 21.4. The van der Waals surface area contributed by atoms with Crippen molar-refractivity contribution in [2.75, 3.05) is 23.9 Å². The molecule has 2 nitrogen and oxygen atoms in total. The van der Waals surface area contributed by atoms with E-state index in [1.807, 2.05) is 27.7 Å². The molecular formula is C28H46N2. The molecule has 0 saturated carbocycles. The van der Waals surface area contributed by atoms with Crippen molar-refractivity contribution in [1.82, 2.24) is 0 Å². The molecule has 4 rings (SSSR count). The van der Waals surface area contributed by atoms with Crippen molar-refractivity contribution in [3.63, 3.8) is 0 Å². The number of anilines is 2. The maximum absolute atomic E-state index is 2.40. The summed E-state index contributed by atoms with van der Waals surface area (Å²) in [6, 6.07) is 18.7. The first-order valence-corrected chi connectivity index (χ1v) is 12.0. The van der Waals surface area contributed by atoms with Crippen molar-refractivity contribution in [2.24, 2.45) is 5.92 Å². The summed E-state index contributed by atoms with van der Waals surface area (Å²) in [5.41, 5.74) is 5.80. The number of nitrogens with zero attached hydrogens (tertiary/aromatic N) is 2. The van der Waals surface area contributed by atoms with Crippen LogP contribution in [0.15, 0.2) is 48.5 Å². The van der Waals surface area contributed by atoms with E-state index in [1.165, 1.54) is 22.5 Å². The monoisotopic (exact) mass is 410 g/mol. The van der Waals surface area contributed by atoms with E-state index >= 15 is 0 Å². The second-order valence-corrected chi connectivity index (χ2v) is 8.26. The first-order valence-electron chi connectivity index (χ1n) is 12.0. The van der Waals surface area contributed by atoms with Gasteiger partial charge in [0.15, 0.2) is 0 Å². The van der Waals surface area contributed by atoms with E-state index in [2.05, 4.69) is 107 Å². The van der Waals surface area contributed by atoms with Crippen molar-refractivity contribution in [3.05, 3.63) is 59.7 Å². The highest BCUT2D eigenvalue weighted by Crippen LogP contribution is 2.40. The van der Waals surface area contributed by atoms with Gasteiger partial charge in [0, 0.05) is 43.5 Å². The Labute approximate surface area is 187 Å². The standard InChI is InChI=1S/C13H19N.C11H15N.2C2H6/c1-9-10(2)12-7-5-6-8-13(12)14(4)11(9)3;1-8-9(2)12(3)11-7-5-4-6-10(8)11;2*1-2/h5-11H,1-4H3;4-9H,1-3H3;2*1-2H3. The Hall–Kier alpha value is -1.96. The van der Waals surface area contributed by atoms with E-state index in [9.17, 15) is 0 Å². The van der Waals surface area contributed by atoms with Gasteiger partial charge in [0.25, 0.3) is 0 Å². The summed E-state index contributed by atoms with van der Waals surface area (Å²) < 4.78 is 0. The highest BCUT2D eigenvalue weighted by molar-refractivity contribution is 5.60. The second kappa shape index (κ2) is 12.0. The number of likely N-dealkylation sites (N-methyl/N-ethyl adjacent to an activating group) is 1. The molecule has 0 radical (unpaired) electrons. The lowest BCUT2D eigenvalue weighted by Gasteiger charge is -2.42. The smallest absolute Gasteiger partial charge is 0.0402 e. The Morgan fingerprint density at radius 3 is 1.33 bits per heavy atom. The first-order chi connectivity index (χ1) is 14.3. The zero-order chi connectivity index (χ0) is 23.0. The Balaban J connectivity index is 0.000000260. The lowest BCUT2D eigenvalue weighted by atomic mass is 9.79. The van der Waals surface area contributed by atoms with Gasteiger partial charge < -0.3 is 9.80 Å². The molecular weight excluding hydrogens is 364 g/mol. The molecule has 30 heavy (non-hydrogen) atoms. The average Bonchev–Trinajstić information content (AvgIpc) is 3.03. The maximum Gasteiger partial charge on any atom is 0.0402 e. The summed E-state index contributed by atoms with van der Waals surface area (Å²) in [6.45, 7) is 19.6. The molecule has 0 fully saturated rings. The summed E-state index contributed by atoms with van der Waals surface area (Å²) >= 11 is 0. The van der Waals surface area contributed by atoms with Crippen LogP contribution in [0, 0.1) is 5.92 Å². The van der Waals surface area contributed by atoms with Crippen LogP contribution in [0.1, 0.15) is 85.3 Å². The molecule has 0 bridgehead atoms. The molecule has 2 aromatic carbocycles. The van der Waals surface area contributed by atoms with E-state index < -0.39 is 0 Å². The third-order valence-corrected chi connectivity index (χ3v) is 7.11. The van der Waals surface area contributed by atoms with E-state index in [0.29, 0.717) is 23.9 Å². The number of fused-ring (bicyclic) bond motifs is 2. The van der Waals surface area contributed by atoms with E-state index in [0.717, 1.165) is 5.92 Å². The average molecular weight is 411 g/mol. The molecule has 2 aliphatic rings. The molecule has 168 valence electrons. The van der Waals surface area contributed by atoms with Crippen LogP contribution in [0.5, 0.6) is 0 Å². The molecule has 0 spiro atoms. The normalized spacial score (nSPS) is 26.0. The highest BCUT2D eigenvalue weighted by Gasteiger charge is 2.31. The van der Waals surface area contributed by atoms with Crippen LogP contribution in [0.4, 0.5) is 11.4 Å². The summed E-state index contributed by atoms with van der Waals surface area (Å²) in [5.74, 6) is 2.08. The van der Waals surface area contributed by atoms with Crippen molar-refractivity contribution >= 4 is 11.4 Å². The van der Waals surface area contributed by atoms with E-state index in [1.54, 1.807) is 0 Å². The molecule has 2 aromatic rings. The summed E-state index contributed by atoms with van der Waals surface area (Å²) in [4.78, 5) is 4.76. The minimum atomic E-state index is 0.639. The van der Waals surface area contributed by atoms with Gasteiger partial charge in [-0.3, -0.25) is 0 Å². The summed E-state index contributed by atoms with van der Waals surface area (Å²) in [5, 5.41) is 0. The van der Waals surface area contributed by atoms with Gasteiger partial charge in [-0.2, -0.15) is 0 Å². The van der Waals surface area contributed by atoms with Gasteiger partial charge in [-0.05, 0) is 48.9 Å². The van der Waals surface area contributed by atoms with Gasteiger partial charge in [0.1, 0.15) is 0 Å². The number of rotatable bonds is 0. The number of para-hydroxylation sites is 2. The Morgan fingerprint density at radius 1 is 0.533 bits per heavy atom. The fourth-order valence-corrected chi connectivity index (χ4v) is 4.48. The van der Waals surface area contributed by atoms with E-state index in [4.69, 9.17) is 0 Å². The fourth-order valence-electron chi connectivity index (χ4n) is 4.48. The van der Waals surface area contributed by atoms with Crippen LogP contribution >= 0.6 is 0 Å². The third kappa shape index (κ3) is 5.20. The van der Waals surface area contributed by atoms with Gasteiger partial charge in [-0.15, -0.1) is 0 Å². The SMILES string of the molecule is CC.CC.CC1c2ccccc2N(C)C(C)C1C.CC1c2ccccc2N(C)C1C. The fraction of sp³-hybridized carbons (Fsp3) is 0.571. The van der Waals surface area contributed by atoms with Crippen molar-refractivity contribution < 1.29 is 0 Å². The third-order valence-electron chi connectivity index (χ3n) is 7.11. The van der Waals surface area contributed by atoms with Gasteiger partial charge in [0.05, 0.1) is 0 Å². The van der Waals surface area contributed by atoms with Crippen LogP contribution in [0.3, 0.4) is 0 Å². The highest BCUT2D eigenvalue weighted by atomic mass is 15.2. The van der Waals surface area contributed by atoms with Crippen molar-refractivity contribution in [1.29, 1.82) is 0 Å². The van der Waals surface area contributed by atoms with Gasteiger partial charge in [-0.25, -0.2) is 0 Å². The predicted molar refractivity (Wildman–Crippen MR) is 137 cm³/mol. The van der Waals surface area contributed by atoms with Crippen LogP contribution in [0.25, 0.3) is 0 Å². The topological polar surface area (TPSA) is 6.48 Å². The summed E-state index contributed by atoms with van der Waals surface area (Å²) in [7, 11) is 4.37. The van der Waals surface area contributed by atoms with Gasteiger partial charge >= 0.3 is 0 Å². The summed E-state index contributed by atoms with van der Waals surface area (Å²) in [6.07, 6.45) is 0. The van der Waals surface area contributed by atoms with Crippen LogP contribution in [-0.2, 0) is 0 Å². The van der Waals surface area contributed by atoms with Crippen molar-refractivity contribution in [3.8, 4) is 0 Å².